The molecule has 1 aromatic heterocycles. The molecule has 2 heterocycles. The maximum absolute atomic E-state index is 12.7. The minimum Gasteiger partial charge on any atom is -0.449 e. The first-order valence-electron chi connectivity index (χ1n) is 9.98. The fourth-order valence-corrected chi connectivity index (χ4v) is 3.75. The van der Waals surface area contributed by atoms with Crippen LogP contribution in [-0.4, -0.2) is 41.1 Å². The number of likely N-dealkylation sites (tertiary alicyclic amines) is 1. The third kappa shape index (κ3) is 4.61. The molecular weight excluding hydrogens is 356 g/mol. The largest absolute Gasteiger partial charge is 0.449 e. The fourth-order valence-electron chi connectivity index (χ4n) is 3.75. The van der Waals surface area contributed by atoms with Crippen LogP contribution >= 0.6 is 0 Å². The first kappa shape index (κ1) is 20.1. The van der Waals surface area contributed by atoms with E-state index in [1.807, 2.05) is 13.0 Å². The molecule has 3 rings (SSSR count). The Labute approximate surface area is 165 Å². The second-order valence-corrected chi connectivity index (χ2v) is 7.42. The summed E-state index contributed by atoms with van der Waals surface area (Å²) >= 11 is 0. The van der Waals surface area contributed by atoms with Crippen LogP contribution in [0.25, 0.3) is 0 Å². The minimum absolute atomic E-state index is 0.140. The molecule has 1 atom stereocenters. The lowest BCUT2D eigenvalue weighted by atomic mass is 9.90. The Kier molecular flexibility index (Phi) is 6.49. The number of aryl methyl sites for hydroxylation is 2. The Balaban J connectivity index is 1.51. The molecule has 0 aliphatic carbocycles. The van der Waals surface area contributed by atoms with Crippen molar-refractivity contribution in [1.82, 2.24) is 10.1 Å². The van der Waals surface area contributed by atoms with Gasteiger partial charge >= 0.3 is 5.97 Å². The molecule has 1 aromatic carbocycles. The number of hydrogen-bond acceptors (Lipinski definition) is 5. The van der Waals surface area contributed by atoms with Crippen LogP contribution in [-0.2, 0) is 22.4 Å². The van der Waals surface area contributed by atoms with E-state index in [0.717, 1.165) is 19.3 Å². The average Bonchev–Trinajstić information content (AvgIpc) is 3.09. The van der Waals surface area contributed by atoms with E-state index < -0.39 is 12.1 Å². The van der Waals surface area contributed by atoms with E-state index in [-0.39, 0.29) is 5.91 Å². The molecule has 28 heavy (non-hydrogen) atoms. The van der Waals surface area contributed by atoms with E-state index in [1.165, 1.54) is 5.56 Å². The van der Waals surface area contributed by atoms with Gasteiger partial charge in [0.15, 0.2) is 6.10 Å². The van der Waals surface area contributed by atoms with Gasteiger partial charge in [0.2, 0.25) is 0 Å². The van der Waals surface area contributed by atoms with Gasteiger partial charge in [0.25, 0.3) is 5.91 Å². The van der Waals surface area contributed by atoms with Crippen molar-refractivity contribution in [3.63, 3.8) is 0 Å². The molecule has 1 aliphatic heterocycles. The summed E-state index contributed by atoms with van der Waals surface area (Å²) in [4.78, 5) is 27.0. The first-order chi connectivity index (χ1) is 13.5. The van der Waals surface area contributed by atoms with E-state index in [9.17, 15) is 9.59 Å². The zero-order valence-corrected chi connectivity index (χ0v) is 16.8. The molecule has 0 bridgehead atoms. The summed E-state index contributed by atoms with van der Waals surface area (Å²) in [5.74, 6) is 0.313. The van der Waals surface area contributed by atoms with Crippen LogP contribution < -0.4 is 0 Å². The topological polar surface area (TPSA) is 72.6 Å². The highest BCUT2D eigenvalue weighted by Crippen LogP contribution is 2.23. The van der Waals surface area contributed by atoms with Gasteiger partial charge in [-0.2, -0.15) is 0 Å². The Morgan fingerprint density at radius 1 is 1.25 bits per heavy atom. The lowest BCUT2D eigenvalue weighted by molar-refractivity contribution is -0.141. The lowest BCUT2D eigenvalue weighted by Gasteiger charge is -2.33. The summed E-state index contributed by atoms with van der Waals surface area (Å²) in [7, 11) is 0. The summed E-state index contributed by atoms with van der Waals surface area (Å²) in [6.07, 6.45) is 2.72. The third-order valence-electron chi connectivity index (χ3n) is 5.40. The molecular formula is C22H28N2O4. The van der Waals surface area contributed by atoms with Crippen LogP contribution in [0.1, 0.15) is 54.1 Å². The zero-order chi connectivity index (χ0) is 20.1. The van der Waals surface area contributed by atoms with Crippen molar-refractivity contribution in [1.29, 1.82) is 0 Å². The van der Waals surface area contributed by atoms with Crippen molar-refractivity contribution in [2.75, 3.05) is 13.1 Å². The highest BCUT2D eigenvalue weighted by atomic mass is 16.5. The predicted octanol–water partition coefficient (Wildman–Crippen LogP) is 3.57. The number of benzene rings is 1. The summed E-state index contributed by atoms with van der Waals surface area (Å²) in [6.45, 7) is 6.59. The Morgan fingerprint density at radius 3 is 2.57 bits per heavy atom. The number of amides is 1. The van der Waals surface area contributed by atoms with Crippen LogP contribution in [0.4, 0.5) is 0 Å². The molecule has 0 saturated carbocycles. The highest BCUT2D eigenvalue weighted by molar-refractivity contribution is 5.94. The van der Waals surface area contributed by atoms with Crippen molar-refractivity contribution in [2.45, 2.75) is 52.6 Å². The molecule has 1 unspecified atom stereocenters. The van der Waals surface area contributed by atoms with Gasteiger partial charge in [-0.05, 0) is 51.0 Å². The number of rotatable bonds is 6. The summed E-state index contributed by atoms with van der Waals surface area (Å²) in [5, 5.41) is 3.87. The van der Waals surface area contributed by atoms with Gasteiger partial charge in [0.05, 0.1) is 5.69 Å². The Bertz CT molecular complexity index is 807. The molecule has 0 spiro atoms. The maximum atomic E-state index is 12.7. The van der Waals surface area contributed by atoms with Gasteiger partial charge in [0, 0.05) is 13.1 Å². The molecule has 6 heteroatoms. The summed E-state index contributed by atoms with van der Waals surface area (Å²) in [5.41, 5.74) is 2.23. The SMILES string of the molecule is CCc1noc(C)c1C(=O)OC(C)C(=O)N1CCC(Cc2ccccc2)CC1. The van der Waals surface area contributed by atoms with E-state index in [0.29, 0.717) is 42.4 Å². The number of nitrogens with zero attached hydrogens (tertiary/aromatic N) is 2. The monoisotopic (exact) mass is 384 g/mol. The molecule has 1 saturated heterocycles. The molecule has 0 radical (unpaired) electrons. The molecule has 2 aromatic rings. The summed E-state index contributed by atoms with van der Waals surface area (Å²) in [6, 6.07) is 10.4. The van der Waals surface area contributed by atoms with E-state index in [1.54, 1.807) is 18.7 Å². The molecule has 0 N–H and O–H groups in total. The van der Waals surface area contributed by atoms with E-state index in [4.69, 9.17) is 9.26 Å². The van der Waals surface area contributed by atoms with Crippen molar-refractivity contribution < 1.29 is 18.8 Å². The van der Waals surface area contributed by atoms with Crippen LogP contribution in [0.15, 0.2) is 34.9 Å². The second kappa shape index (κ2) is 9.04. The third-order valence-corrected chi connectivity index (χ3v) is 5.40. The predicted molar refractivity (Wildman–Crippen MR) is 105 cm³/mol. The normalized spacial score (nSPS) is 16.0. The van der Waals surface area contributed by atoms with Crippen molar-refractivity contribution >= 4 is 11.9 Å². The maximum Gasteiger partial charge on any atom is 0.344 e. The van der Waals surface area contributed by atoms with Crippen LogP contribution in [0, 0.1) is 12.8 Å². The molecule has 1 aliphatic rings. The quantitative estimate of drug-likeness (QED) is 0.712. The van der Waals surface area contributed by atoms with Gasteiger partial charge in [0.1, 0.15) is 11.3 Å². The number of aromatic nitrogens is 1. The number of esters is 1. The smallest absolute Gasteiger partial charge is 0.344 e. The van der Waals surface area contributed by atoms with E-state index >= 15 is 0 Å². The van der Waals surface area contributed by atoms with Crippen LogP contribution in [0.2, 0.25) is 0 Å². The van der Waals surface area contributed by atoms with Gasteiger partial charge in [-0.3, -0.25) is 4.79 Å². The number of ether oxygens (including phenoxy) is 1. The first-order valence-corrected chi connectivity index (χ1v) is 9.98. The van der Waals surface area contributed by atoms with Gasteiger partial charge in [-0.25, -0.2) is 4.79 Å². The molecule has 1 amide bonds. The number of carbonyl (C=O) groups excluding carboxylic acids is 2. The van der Waals surface area contributed by atoms with Crippen LogP contribution in [0.3, 0.4) is 0 Å². The Morgan fingerprint density at radius 2 is 1.93 bits per heavy atom. The lowest BCUT2D eigenvalue weighted by Crippen LogP contribution is -2.44. The zero-order valence-electron chi connectivity index (χ0n) is 16.8. The Hall–Kier alpha value is -2.63. The van der Waals surface area contributed by atoms with Gasteiger partial charge in [-0.1, -0.05) is 42.4 Å². The molecule has 1 fully saturated rings. The van der Waals surface area contributed by atoms with Crippen LogP contribution in [0.5, 0.6) is 0 Å². The second-order valence-electron chi connectivity index (χ2n) is 7.42. The van der Waals surface area contributed by atoms with Gasteiger partial charge < -0.3 is 14.2 Å². The number of hydrogen-bond donors (Lipinski definition) is 0. The molecule has 6 nitrogen and oxygen atoms in total. The summed E-state index contributed by atoms with van der Waals surface area (Å²) < 4.78 is 10.5. The minimum atomic E-state index is -0.822. The molecule has 150 valence electrons. The number of piperidine rings is 1. The number of carbonyl (C=O) groups is 2. The van der Waals surface area contributed by atoms with Crippen molar-refractivity contribution in [3.05, 3.63) is 52.9 Å². The average molecular weight is 384 g/mol. The van der Waals surface area contributed by atoms with Crippen molar-refractivity contribution in [2.24, 2.45) is 5.92 Å². The fraction of sp³-hybridized carbons (Fsp3) is 0.500. The van der Waals surface area contributed by atoms with Gasteiger partial charge in [-0.15, -0.1) is 0 Å². The highest BCUT2D eigenvalue weighted by Gasteiger charge is 2.30. The van der Waals surface area contributed by atoms with Crippen molar-refractivity contribution in [3.8, 4) is 0 Å². The standard InChI is InChI=1S/C22H28N2O4/c1-4-19-20(15(2)28-23-19)22(26)27-16(3)21(25)24-12-10-18(11-13-24)14-17-8-6-5-7-9-17/h5-9,16,18H,4,10-14H2,1-3H3. The van der Waals surface area contributed by atoms with E-state index in [2.05, 4.69) is 29.4 Å².